The molecular weight excluding hydrogens is 464 g/mol. The first-order chi connectivity index (χ1) is 17.0. The zero-order valence-electron chi connectivity index (χ0n) is 18.6. The molecule has 0 aromatic heterocycles. The zero-order valence-corrected chi connectivity index (χ0v) is 18.6. The van der Waals surface area contributed by atoms with Crippen LogP contribution in [0.5, 0.6) is 11.5 Å². The summed E-state index contributed by atoms with van der Waals surface area (Å²) < 4.78 is 36.3. The second kappa shape index (κ2) is 11.6. The Morgan fingerprint density at radius 1 is 0.457 bits per heavy atom. The molecule has 2 aliphatic rings. The maximum absolute atomic E-state index is 11.5. The van der Waals surface area contributed by atoms with Crippen molar-refractivity contribution < 1.29 is 52.3 Å². The summed E-state index contributed by atoms with van der Waals surface area (Å²) in [7, 11) is 0. The standard InChI is InChI=1S/C24H22O11/c25-21-17-3-1-15(13-19(17)23(27)34-21)32-11-9-30-7-5-29-6-8-31-10-12-33-16-2-4-18-20(14-16)24(28)35-22(18)26/h1-4,13-14H,5-12H2. The van der Waals surface area contributed by atoms with Crippen LogP contribution in [0.3, 0.4) is 0 Å². The topological polar surface area (TPSA) is 133 Å². The fraction of sp³-hybridized carbons (Fsp3) is 0.333. The van der Waals surface area contributed by atoms with E-state index in [9.17, 15) is 19.2 Å². The number of esters is 4. The van der Waals surface area contributed by atoms with Crippen molar-refractivity contribution in [2.75, 3.05) is 52.9 Å². The van der Waals surface area contributed by atoms with E-state index in [0.717, 1.165) is 0 Å². The van der Waals surface area contributed by atoms with Crippen molar-refractivity contribution in [3.8, 4) is 11.5 Å². The third-order valence-electron chi connectivity index (χ3n) is 4.97. The van der Waals surface area contributed by atoms with Crippen LogP contribution in [0.1, 0.15) is 41.4 Å². The number of carbonyl (C=O) groups excluding carboxylic acids is 4. The molecule has 0 fully saturated rings. The molecule has 0 aliphatic carbocycles. The summed E-state index contributed by atoms with van der Waals surface area (Å²) in [5, 5.41) is 0. The maximum atomic E-state index is 11.5. The molecule has 0 saturated carbocycles. The molecular formula is C24H22O11. The van der Waals surface area contributed by atoms with Crippen molar-refractivity contribution in [2.24, 2.45) is 0 Å². The predicted octanol–water partition coefficient (Wildman–Crippen LogP) is 1.82. The van der Waals surface area contributed by atoms with Crippen molar-refractivity contribution in [3.63, 3.8) is 0 Å². The number of ether oxygens (including phenoxy) is 7. The van der Waals surface area contributed by atoms with Crippen LogP contribution in [0.2, 0.25) is 0 Å². The Kier molecular flexibility index (Phi) is 8.03. The lowest BCUT2D eigenvalue weighted by Crippen LogP contribution is -2.14. The second-order valence-corrected chi connectivity index (χ2v) is 7.30. The summed E-state index contributed by atoms with van der Waals surface area (Å²) in [4.78, 5) is 45.9. The Morgan fingerprint density at radius 3 is 1.20 bits per heavy atom. The minimum atomic E-state index is -0.675. The molecule has 0 saturated heterocycles. The third kappa shape index (κ3) is 6.21. The van der Waals surface area contributed by atoms with Crippen LogP contribution in [0.15, 0.2) is 36.4 Å². The van der Waals surface area contributed by atoms with Crippen molar-refractivity contribution in [1.82, 2.24) is 0 Å². The van der Waals surface area contributed by atoms with E-state index in [1.807, 2.05) is 0 Å². The average molecular weight is 486 g/mol. The molecule has 0 spiro atoms. The number of benzene rings is 2. The monoisotopic (exact) mass is 486 g/mol. The molecule has 0 amide bonds. The predicted molar refractivity (Wildman–Crippen MR) is 116 cm³/mol. The second-order valence-electron chi connectivity index (χ2n) is 7.30. The quantitative estimate of drug-likeness (QED) is 0.220. The van der Waals surface area contributed by atoms with Gasteiger partial charge in [-0.15, -0.1) is 0 Å². The van der Waals surface area contributed by atoms with Gasteiger partial charge in [0.2, 0.25) is 0 Å². The molecule has 0 unspecified atom stereocenters. The van der Waals surface area contributed by atoms with E-state index in [0.29, 0.717) is 51.1 Å². The molecule has 2 heterocycles. The molecule has 2 aromatic rings. The lowest BCUT2D eigenvalue weighted by Gasteiger charge is -2.09. The molecule has 11 heteroatoms. The Labute approximate surface area is 199 Å². The highest BCUT2D eigenvalue weighted by atomic mass is 16.6. The van der Waals surface area contributed by atoms with Crippen LogP contribution in [-0.2, 0) is 23.7 Å². The van der Waals surface area contributed by atoms with Crippen molar-refractivity contribution >= 4 is 23.9 Å². The van der Waals surface area contributed by atoms with E-state index >= 15 is 0 Å². The zero-order chi connectivity index (χ0) is 24.6. The molecule has 35 heavy (non-hydrogen) atoms. The summed E-state index contributed by atoms with van der Waals surface area (Å²) in [5.41, 5.74) is 0.864. The van der Waals surface area contributed by atoms with E-state index in [4.69, 9.17) is 23.7 Å². The van der Waals surface area contributed by atoms with Gasteiger partial charge in [-0.2, -0.15) is 0 Å². The van der Waals surface area contributed by atoms with Gasteiger partial charge in [0.05, 0.1) is 61.9 Å². The van der Waals surface area contributed by atoms with Gasteiger partial charge in [-0.25, -0.2) is 19.2 Å². The molecule has 184 valence electrons. The van der Waals surface area contributed by atoms with Crippen molar-refractivity contribution in [3.05, 3.63) is 58.7 Å². The first-order valence-corrected chi connectivity index (χ1v) is 10.8. The molecule has 4 rings (SSSR count). The van der Waals surface area contributed by atoms with Gasteiger partial charge in [-0.3, -0.25) is 0 Å². The minimum absolute atomic E-state index is 0.197. The van der Waals surface area contributed by atoms with Gasteiger partial charge < -0.3 is 33.2 Å². The average Bonchev–Trinajstić information content (AvgIpc) is 3.30. The highest BCUT2D eigenvalue weighted by Gasteiger charge is 2.30. The molecule has 0 bridgehead atoms. The Bertz CT molecular complexity index is 1040. The van der Waals surface area contributed by atoms with E-state index < -0.39 is 23.9 Å². The van der Waals surface area contributed by atoms with Gasteiger partial charge in [0.1, 0.15) is 24.7 Å². The first-order valence-electron chi connectivity index (χ1n) is 10.8. The minimum Gasteiger partial charge on any atom is -0.491 e. The molecule has 0 atom stereocenters. The maximum Gasteiger partial charge on any atom is 0.347 e. The summed E-state index contributed by atoms with van der Waals surface area (Å²) in [5.74, 6) is -1.75. The van der Waals surface area contributed by atoms with Crippen molar-refractivity contribution in [1.29, 1.82) is 0 Å². The first kappa shape index (κ1) is 24.3. The van der Waals surface area contributed by atoms with E-state index in [1.54, 1.807) is 12.1 Å². The summed E-state index contributed by atoms with van der Waals surface area (Å²) in [6.45, 7) is 2.71. The number of rotatable bonds is 14. The number of fused-ring (bicyclic) bond motifs is 2. The fourth-order valence-electron chi connectivity index (χ4n) is 3.29. The van der Waals surface area contributed by atoms with Gasteiger partial charge in [0, 0.05) is 0 Å². The van der Waals surface area contributed by atoms with Crippen LogP contribution < -0.4 is 9.47 Å². The smallest absolute Gasteiger partial charge is 0.347 e. The Hall–Kier alpha value is -3.80. The molecule has 2 aromatic carbocycles. The largest absolute Gasteiger partial charge is 0.491 e. The van der Waals surface area contributed by atoms with Crippen LogP contribution in [0.4, 0.5) is 0 Å². The SMILES string of the molecule is O=C1OC(=O)c2cc(OCCOCCOCCOCCOc3ccc4c(c3)C(=O)OC4=O)ccc21. The third-order valence-corrected chi connectivity index (χ3v) is 4.97. The molecule has 0 radical (unpaired) electrons. The fourth-order valence-corrected chi connectivity index (χ4v) is 3.29. The normalized spacial score (nSPS) is 13.9. The van der Waals surface area contributed by atoms with Crippen LogP contribution in [-0.4, -0.2) is 76.7 Å². The number of hydrogen-bond donors (Lipinski definition) is 0. The van der Waals surface area contributed by atoms with Crippen LogP contribution >= 0.6 is 0 Å². The van der Waals surface area contributed by atoms with Gasteiger partial charge in [-0.1, -0.05) is 0 Å². The summed E-state index contributed by atoms with van der Waals surface area (Å²) >= 11 is 0. The van der Waals surface area contributed by atoms with Crippen LogP contribution in [0, 0.1) is 0 Å². The Balaban J connectivity index is 0.978. The highest BCUT2D eigenvalue weighted by Crippen LogP contribution is 2.25. The summed E-state index contributed by atoms with van der Waals surface area (Å²) in [6, 6.07) is 9.12. The molecule has 2 aliphatic heterocycles. The van der Waals surface area contributed by atoms with Crippen LogP contribution in [0.25, 0.3) is 0 Å². The lowest BCUT2D eigenvalue weighted by molar-refractivity contribution is 0.00498. The Morgan fingerprint density at radius 2 is 0.800 bits per heavy atom. The summed E-state index contributed by atoms with van der Waals surface area (Å²) in [6.07, 6.45) is 0. The van der Waals surface area contributed by atoms with Gasteiger partial charge in [-0.05, 0) is 36.4 Å². The highest BCUT2D eigenvalue weighted by molar-refractivity contribution is 6.15. The van der Waals surface area contributed by atoms with Gasteiger partial charge in [0.25, 0.3) is 0 Å². The van der Waals surface area contributed by atoms with E-state index in [-0.39, 0.29) is 35.5 Å². The van der Waals surface area contributed by atoms with Gasteiger partial charge >= 0.3 is 23.9 Å². The van der Waals surface area contributed by atoms with E-state index in [2.05, 4.69) is 9.47 Å². The van der Waals surface area contributed by atoms with Crippen molar-refractivity contribution in [2.45, 2.75) is 0 Å². The molecule has 11 nitrogen and oxygen atoms in total. The number of hydrogen-bond acceptors (Lipinski definition) is 11. The molecule has 0 N–H and O–H groups in total. The van der Waals surface area contributed by atoms with E-state index in [1.165, 1.54) is 24.3 Å². The lowest BCUT2D eigenvalue weighted by atomic mass is 10.1. The van der Waals surface area contributed by atoms with Gasteiger partial charge in [0.15, 0.2) is 0 Å². The number of cyclic esters (lactones) is 4. The number of carbonyl (C=O) groups is 4.